The summed E-state index contributed by atoms with van der Waals surface area (Å²) in [5.74, 6) is 0.129. The molecule has 0 amide bonds. The number of hydrogen-bond donors (Lipinski definition) is 0. The molecule has 0 aromatic rings. The number of esters is 1. The van der Waals surface area contributed by atoms with E-state index in [1.165, 1.54) is 7.11 Å². The highest BCUT2D eigenvalue weighted by atomic mass is 16.5. The first-order valence-electron chi connectivity index (χ1n) is 5.57. The zero-order chi connectivity index (χ0) is 11.5. The maximum atomic E-state index is 11.8. The molecule has 86 valence electrons. The minimum atomic E-state index is -0.218. The van der Waals surface area contributed by atoms with Gasteiger partial charge in [0, 0.05) is 18.8 Å². The van der Waals surface area contributed by atoms with Gasteiger partial charge in [-0.05, 0) is 24.7 Å². The molecule has 1 rings (SSSR count). The molecule has 0 aromatic heterocycles. The summed E-state index contributed by atoms with van der Waals surface area (Å²) in [4.78, 5) is 22.8. The van der Waals surface area contributed by atoms with Gasteiger partial charge >= 0.3 is 5.97 Å². The summed E-state index contributed by atoms with van der Waals surface area (Å²) in [6, 6.07) is 0. The number of Topliss-reactive ketones (excluding diaryl/α,β-unsaturated/α-hetero) is 1. The summed E-state index contributed by atoms with van der Waals surface area (Å²) in [5, 5.41) is 0. The number of ketones is 1. The van der Waals surface area contributed by atoms with Gasteiger partial charge in [-0.2, -0.15) is 0 Å². The first kappa shape index (κ1) is 12.2. The fourth-order valence-electron chi connectivity index (χ4n) is 2.42. The molecule has 1 aliphatic carbocycles. The highest BCUT2D eigenvalue weighted by molar-refractivity contribution is 5.83. The average molecular weight is 212 g/mol. The van der Waals surface area contributed by atoms with Crippen LogP contribution < -0.4 is 0 Å². The SMILES string of the molecule is COC(=O)CCC1C(=O)CCCC1(C)C. The molecule has 0 radical (unpaired) electrons. The summed E-state index contributed by atoms with van der Waals surface area (Å²) in [5.41, 5.74) is 0.0450. The zero-order valence-electron chi connectivity index (χ0n) is 9.84. The second-order valence-corrected chi connectivity index (χ2v) is 4.98. The molecule has 0 heterocycles. The van der Waals surface area contributed by atoms with E-state index in [-0.39, 0.29) is 17.3 Å². The molecule has 1 atom stereocenters. The van der Waals surface area contributed by atoms with Crippen molar-refractivity contribution in [3.63, 3.8) is 0 Å². The molecule has 1 saturated carbocycles. The second-order valence-electron chi connectivity index (χ2n) is 4.98. The number of methoxy groups -OCH3 is 1. The molecule has 0 aromatic carbocycles. The Morgan fingerprint density at radius 2 is 2.20 bits per heavy atom. The molecule has 1 aliphatic rings. The molecule has 0 aliphatic heterocycles. The molecule has 0 N–H and O–H groups in total. The maximum absolute atomic E-state index is 11.8. The molecule has 0 spiro atoms. The van der Waals surface area contributed by atoms with E-state index in [4.69, 9.17) is 0 Å². The van der Waals surface area contributed by atoms with Crippen LogP contribution in [0, 0.1) is 11.3 Å². The van der Waals surface area contributed by atoms with Gasteiger partial charge in [0.25, 0.3) is 0 Å². The Bertz CT molecular complexity index is 256. The molecule has 0 saturated heterocycles. The largest absolute Gasteiger partial charge is 0.469 e. The molecule has 3 nitrogen and oxygen atoms in total. The van der Waals surface area contributed by atoms with Crippen molar-refractivity contribution in [2.24, 2.45) is 11.3 Å². The van der Waals surface area contributed by atoms with Crippen LogP contribution in [0.2, 0.25) is 0 Å². The van der Waals surface area contributed by atoms with Crippen LogP contribution in [0.5, 0.6) is 0 Å². The number of hydrogen-bond acceptors (Lipinski definition) is 3. The van der Waals surface area contributed by atoms with Crippen molar-refractivity contribution in [2.75, 3.05) is 7.11 Å². The molecular weight excluding hydrogens is 192 g/mol. The molecule has 0 bridgehead atoms. The molecule has 1 unspecified atom stereocenters. The third-order valence-corrected chi connectivity index (χ3v) is 3.44. The quantitative estimate of drug-likeness (QED) is 0.674. The van der Waals surface area contributed by atoms with Crippen LogP contribution in [-0.2, 0) is 14.3 Å². The van der Waals surface area contributed by atoms with E-state index in [2.05, 4.69) is 18.6 Å². The van der Waals surface area contributed by atoms with Crippen LogP contribution in [0.3, 0.4) is 0 Å². The van der Waals surface area contributed by atoms with Crippen LogP contribution in [0.15, 0.2) is 0 Å². The summed E-state index contributed by atoms with van der Waals surface area (Å²) in [6.45, 7) is 4.23. The lowest BCUT2D eigenvalue weighted by molar-refractivity contribution is -0.141. The first-order valence-corrected chi connectivity index (χ1v) is 5.57. The summed E-state index contributed by atoms with van der Waals surface area (Å²) in [7, 11) is 1.39. The third kappa shape index (κ3) is 3.05. The fourth-order valence-corrected chi connectivity index (χ4v) is 2.42. The van der Waals surface area contributed by atoms with E-state index in [1.54, 1.807) is 0 Å². The van der Waals surface area contributed by atoms with E-state index >= 15 is 0 Å². The Morgan fingerprint density at radius 3 is 2.73 bits per heavy atom. The van der Waals surface area contributed by atoms with E-state index in [9.17, 15) is 9.59 Å². The molecule has 1 fully saturated rings. The van der Waals surface area contributed by atoms with Crippen LogP contribution in [0.25, 0.3) is 0 Å². The van der Waals surface area contributed by atoms with Crippen molar-refractivity contribution in [3.8, 4) is 0 Å². The van der Waals surface area contributed by atoms with E-state index in [0.29, 0.717) is 25.0 Å². The predicted octanol–water partition coefficient (Wildman–Crippen LogP) is 2.33. The first-order chi connectivity index (χ1) is 6.97. The lowest BCUT2D eigenvalue weighted by atomic mass is 9.66. The van der Waals surface area contributed by atoms with Crippen LogP contribution in [0.1, 0.15) is 46.0 Å². The topological polar surface area (TPSA) is 43.4 Å². The minimum Gasteiger partial charge on any atom is -0.469 e. The van der Waals surface area contributed by atoms with E-state index < -0.39 is 0 Å². The lowest BCUT2D eigenvalue weighted by Gasteiger charge is -2.37. The summed E-state index contributed by atoms with van der Waals surface area (Å²) < 4.78 is 4.59. The highest BCUT2D eigenvalue weighted by Gasteiger charge is 2.37. The number of rotatable bonds is 3. The van der Waals surface area contributed by atoms with Gasteiger partial charge in [0.1, 0.15) is 5.78 Å². The molecule has 15 heavy (non-hydrogen) atoms. The predicted molar refractivity (Wildman–Crippen MR) is 57.4 cm³/mol. The van der Waals surface area contributed by atoms with Gasteiger partial charge in [0.15, 0.2) is 0 Å². The van der Waals surface area contributed by atoms with Crippen molar-refractivity contribution < 1.29 is 14.3 Å². The average Bonchev–Trinajstić information content (AvgIpc) is 2.15. The maximum Gasteiger partial charge on any atom is 0.305 e. The van der Waals surface area contributed by atoms with Crippen molar-refractivity contribution >= 4 is 11.8 Å². The van der Waals surface area contributed by atoms with Crippen LogP contribution >= 0.6 is 0 Å². The van der Waals surface area contributed by atoms with Crippen molar-refractivity contribution in [1.29, 1.82) is 0 Å². The van der Waals surface area contributed by atoms with Gasteiger partial charge in [-0.3, -0.25) is 9.59 Å². The van der Waals surface area contributed by atoms with Gasteiger partial charge in [-0.1, -0.05) is 13.8 Å². The molecular formula is C12H20O3. The Kier molecular flexibility index (Phi) is 3.89. The Balaban J connectivity index is 2.56. The number of carbonyl (C=O) groups excluding carboxylic acids is 2. The standard InChI is InChI=1S/C12H20O3/c1-12(2)8-4-5-10(13)9(12)6-7-11(14)15-3/h9H,4-8H2,1-3H3. The van der Waals surface area contributed by atoms with Crippen molar-refractivity contribution in [2.45, 2.75) is 46.0 Å². The van der Waals surface area contributed by atoms with E-state index in [0.717, 1.165) is 12.8 Å². The number of ether oxygens (including phenoxy) is 1. The fraction of sp³-hybridized carbons (Fsp3) is 0.833. The van der Waals surface area contributed by atoms with Crippen molar-refractivity contribution in [1.82, 2.24) is 0 Å². The van der Waals surface area contributed by atoms with Crippen molar-refractivity contribution in [3.05, 3.63) is 0 Å². The number of carbonyl (C=O) groups is 2. The zero-order valence-corrected chi connectivity index (χ0v) is 9.84. The van der Waals surface area contributed by atoms with Gasteiger partial charge in [-0.25, -0.2) is 0 Å². The van der Waals surface area contributed by atoms with Gasteiger partial charge < -0.3 is 4.74 Å². The summed E-state index contributed by atoms with van der Waals surface area (Å²) in [6.07, 6.45) is 3.73. The third-order valence-electron chi connectivity index (χ3n) is 3.44. The van der Waals surface area contributed by atoms with Crippen LogP contribution in [0.4, 0.5) is 0 Å². The van der Waals surface area contributed by atoms with E-state index in [1.807, 2.05) is 0 Å². The second kappa shape index (κ2) is 4.77. The van der Waals surface area contributed by atoms with Crippen LogP contribution in [-0.4, -0.2) is 18.9 Å². The Hall–Kier alpha value is -0.860. The smallest absolute Gasteiger partial charge is 0.305 e. The van der Waals surface area contributed by atoms with Gasteiger partial charge in [0.05, 0.1) is 7.11 Å². The summed E-state index contributed by atoms with van der Waals surface area (Å²) >= 11 is 0. The van der Waals surface area contributed by atoms with Gasteiger partial charge in [-0.15, -0.1) is 0 Å². The lowest BCUT2D eigenvalue weighted by Crippen LogP contribution is -2.35. The normalized spacial score (nSPS) is 25.0. The monoisotopic (exact) mass is 212 g/mol. The molecule has 3 heteroatoms. The minimum absolute atomic E-state index is 0.0327. The highest BCUT2D eigenvalue weighted by Crippen LogP contribution is 2.40. The Labute approximate surface area is 91.2 Å². The Morgan fingerprint density at radius 1 is 1.53 bits per heavy atom. The van der Waals surface area contributed by atoms with Gasteiger partial charge in [0.2, 0.25) is 0 Å².